The minimum Gasteiger partial charge on any atom is -0.394 e. The van der Waals surface area contributed by atoms with E-state index < -0.39 is 67.0 Å². The minimum atomic E-state index is -1.51. The fourth-order valence-electron chi connectivity index (χ4n) is 7.11. The molecule has 46 heavy (non-hydrogen) atoms. The Morgan fingerprint density at radius 1 is 0.804 bits per heavy atom. The fourth-order valence-corrected chi connectivity index (χ4v) is 7.11. The summed E-state index contributed by atoms with van der Waals surface area (Å²) < 4.78 is 11.2. The number of hydrogen-bond acceptors (Lipinski definition) is 10. The third kappa shape index (κ3) is 5.84. The van der Waals surface area contributed by atoms with Crippen molar-refractivity contribution in [3.05, 3.63) is 58.7 Å². The molecule has 1 aliphatic carbocycles. The quantitative estimate of drug-likeness (QED) is 0.203. The third-order valence-electron chi connectivity index (χ3n) is 9.78. The molecule has 0 saturated carbocycles. The molecule has 7 N–H and O–H groups in total. The molecular formula is C35H39NO10. The van der Waals surface area contributed by atoms with E-state index in [1.54, 1.807) is 6.92 Å². The topological polar surface area (TPSA) is 180 Å². The highest BCUT2D eigenvalue weighted by Crippen LogP contribution is 2.54. The summed E-state index contributed by atoms with van der Waals surface area (Å²) in [5.41, 5.74) is 5.09. The van der Waals surface area contributed by atoms with E-state index in [9.17, 15) is 40.5 Å². The van der Waals surface area contributed by atoms with E-state index in [-0.39, 0.29) is 18.9 Å². The van der Waals surface area contributed by atoms with Crippen LogP contribution in [0, 0.1) is 23.7 Å². The molecule has 244 valence electrons. The number of benzene rings is 2. The number of hydrogen-bond donors (Lipinski definition) is 7. The molecule has 0 unspecified atom stereocenters. The van der Waals surface area contributed by atoms with Crippen molar-refractivity contribution in [2.45, 2.75) is 86.5 Å². The molecule has 1 amide bonds. The van der Waals surface area contributed by atoms with E-state index in [4.69, 9.17) is 9.47 Å². The van der Waals surface area contributed by atoms with Crippen LogP contribution in [0.1, 0.15) is 48.4 Å². The summed E-state index contributed by atoms with van der Waals surface area (Å²) in [6.07, 6.45) is -8.94. The number of amides is 1. The average molecular weight is 634 g/mol. The number of rotatable bonds is 2. The van der Waals surface area contributed by atoms with Gasteiger partial charge < -0.3 is 50.1 Å². The standard InChI is InChI=1S/C35H39NO10/c1-19(39)36-12-10-35(11-13-36)25-14-20(4-8-28-31(41)27(40)16-22(17-37)45-28)2-6-23(25)24-7-3-21(15-26(24)35)5-9-29-32(42)34(44)33(43)30(18-38)46-29/h2-3,6-7,14-15,22,27-34,37-38,40-44H,10-13,16-18H2,1H3/t22-,27-,28+,29+,30+,31-,32+,33+,34+/m0/s1. The summed E-state index contributed by atoms with van der Waals surface area (Å²) in [6, 6.07) is 11.8. The van der Waals surface area contributed by atoms with Gasteiger partial charge in [0.2, 0.25) is 5.91 Å². The summed E-state index contributed by atoms with van der Waals surface area (Å²) in [6.45, 7) is 1.87. The summed E-state index contributed by atoms with van der Waals surface area (Å²) in [5.74, 6) is 11.9. The van der Waals surface area contributed by atoms with E-state index in [2.05, 4.69) is 23.7 Å². The van der Waals surface area contributed by atoms with Gasteiger partial charge in [0.05, 0.1) is 25.4 Å². The van der Waals surface area contributed by atoms with Gasteiger partial charge in [-0.2, -0.15) is 0 Å². The highest BCUT2D eigenvalue weighted by molar-refractivity contribution is 5.83. The number of aliphatic hydroxyl groups is 7. The van der Waals surface area contributed by atoms with Crippen LogP contribution in [0.25, 0.3) is 11.1 Å². The first kappa shape index (κ1) is 32.6. The van der Waals surface area contributed by atoms with Crippen LogP contribution in [0.15, 0.2) is 36.4 Å². The maximum absolute atomic E-state index is 12.2. The van der Waals surface area contributed by atoms with Gasteiger partial charge >= 0.3 is 0 Å². The number of carbonyl (C=O) groups excluding carboxylic acids is 1. The van der Waals surface area contributed by atoms with Gasteiger partial charge in [0.1, 0.15) is 42.7 Å². The van der Waals surface area contributed by atoms with Crippen molar-refractivity contribution >= 4 is 5.91 Å². The monoisotopic (exact) mass is 633 g/mol. The second kappa shape index (κ2) is 13.1. The Hall–Kier alpha value is -3.33. The molecule has 1 spiro atoms. The number of aliphatic hydroxyl groups excluding tert-OH is 7. The first-order valence-corrected chi connectivity index (χ1v) is 15.6. The highest BCUT2D eigenvalue weighted by Gasteiger charge is 2.46. The molecule has 3 heterocycles. The molecule has 2 aromatic carbocycles. The van der Waals surface area contributed by atoms with Crippen LogP contribution >= 0.6 is 0 Å². The number of nitrogens with zero attached hydrogens (tertiary/aromatic N) is 1. The van der Waals surface area contributed by atoms with Crippen LogP contribution in [-0.2, 0) is 19.7 Å². The molecule has 9 atom stereocenters. The van der Waals surface area contributed by atoms with Gasteiger partial charge in [0, 0.05) is 43.0 Å². The van der Waals surface area contributed by atoms with Crippen molar-refractivity contribution in [3.8, 4) is 34.8 Å². The Kier molecular flexibility index (Phi) is 9.25. The predicted molar refractivity (Wildman–Crippen MR) is 164 cm³/mol. The zero-order valence-corrected chi connectivity index (χ0v) is 25.4. The van der Waals surface area contributed by atoms with Crippen LogP contribution in [0.3, 0.4) is 0 Å². The van der Waals surface area contributed by atoms with Crippen molar-refractivity contribution in [2.75, 3.05) is 26.3 Å². The molecule has 3 aliphatic heterocycles. The molecule has 0 aromatic heterocycles. The Balaban J connectivity index is 1.34. The number of carbonyl (C=O) groups is 1. The maximum atomic E-state index is 12.2. The van der Waals surface area contributed by atoms with Crippen LogP contribution in [0.2, 0.25) is 0 Å². The SMILES string of the molecule is CC(=O)N1CCC2(CC1)c1cc(C#C[C@H]3O[C@H](CO)[C@@H](O)[C@H](O)[C@@H]3O)ccc1-c1ccc(C#C[C@H]3O[C@H](CO)C[C@H](O)[C@@H]3O)cc12. The number of ether oxygens (including phenoxy) is 2. The fraction of sp³-hybridized carbons (Fsp3) is 0.514. The van der Waals surface area contributed by atoms with E-state index in [0.29, 0.717) is 37.1 Å². The van der Waals surface area contributed by atoms with Gasteiger partial charge in [-0.05, 0) is 59.4 Å². The highest BCUT2D eigenvalue weighted by atomic mass is 16.5. The number of fused-ring (bicyclic) bond motifs is 5. The Morgan fingerprint density at radius 2 is 1.37 bits per heavy atom. The zero-order chi connectivity index (χ0) is 32.7. The predicted octanol–water partition coefficient (Wildman–Crippen LogP) is -0.988. The van der Waals surface area contributed by atoms with E-state index >= 15 is 0 Å². The van der Waals surface area contributed by atoms with Crippen LogP contribution in [-0.4, -0.2) is 128 Å². The molecule has 2 aromatic rings. The van der Waals surface area contributed by atoms with Crippen molar-refractivity contribution in [2.24, 2.45) is 0 Å². The lowest BCUT2D eigenvalue weighted by Gasteiger charge is -2.40. The smallest absolute Gasteiger partial charge is 0.219 e. The third-order valence-corrected chi connectivity index (χ3v) is 9.78. The lowest BCUT2D eigenvalue weighted by Crippen LogP contribution is -2.58. The molecular weight excluding hydrogens is 594 g/mol. The van der Waals surface area contributed by atoms with Crippen LogP contribution in [0.5, 0.6) is 0 Å². The summed E-state index contributed by atoms with van der Waals surface area (Å²) >= 11 is 0. The van der Waals surface area contributed by atoms with Gasteiger partial charge in [-0.15, -0.1) is 0 Å². The van der Waals surface area contributed by atoms with Crippen molar-refractivity contribution < 1.29 is 50.0 Å². The lowest BCUT2D eigenvalue weighted by atomic mass is 9.70. The molecule has 6 rings (SSSR count). The second-order valence-electron chi connectivity index (χ2n) is 12.6. The van der Waals surface area contributed by atoms with E-state index in [1.165, 1.54) is 0 Å². The Labute approximate surface area is 267 Å². The summed E-state index contributed by atoms with van der Waals surface area (Å²) in [7, 11) is 0. The molecule has 3 saturated heterocycles. The first-order chi connectivity index (χ1) is 22.1. The molecule has 0 radical (unpaired) electrons. The van der Waals surface area contributed by atoms with Gasteiger partial charge in [-0.3, -0.25) is 4.79 Å². The van der Waals surface area contributed by atoms with Crippen LogP contribution < -0.4 is 0 Å². The van der Waals surface area contributed by atoms with Gasteiger partial charge in [-0.1, -0.05) is 35.8 Å². The van der Waals surface area contributed by atoms with E-state index in [1.807, 2.05) is 41.3 Å². The van der Waals surface area contributed by atoms with Gasteiger partial charge in [0.15, 0.2) is 0 Å². The van der Waals surface area contributed by atoms with Gasteiger partial charge in [0.25, 0.3) is 0 Å². The van der Waals surface area contributed by atoms with Crippen molar-refractivity contribution in [1.82, 2.24) is 4.90 Å². The van der Waals surface area contributed by atoms with Crippen molar-refractivity contribution in [1.29, 1.82) is 0 Å². The Morgan fingerprint density at radius 3 is 1.89 bits per heavy atom. The maximum Gasteiger partial charge on any atom is 0.219 e. The average Bonchev–Trinajstić information content (AvgIpc) is 3.31. The molecule has 11 heteroatoms. The summed E-state index contributed by atoms with van der Waals surface area (Å²) in [4.78, 5) is 14.1. The lowest BCUT2D eigenvalue weighted by molar-refractivity contribution is -0.214. The molecule has 3 fully saturated rings. The van der Waals surface area contributed by atoms with Gasteiger partial charge in [-0.25, -0.2) is 0 Å². The first-order valence-electron chi connectivity index (χ1n) is 15.6. The van der Waals surface area contributed by atoms with E-state index in [0.717, 1.165) is 22.3 Å². The zero-order valence-electron chi connectivity index (χ0n) is 25.4. The largest absolute Gasteiger partial charge is 0.394 e. The normalized spacial score (nSPS) is 32.9. The van der Waals surface area contributed by atoms with Crippen LogP contribution in [0.4, 0.5) is 0 Å². The Bertz CT molecular complexity index is 1590. The molecule has 4 aliphatic rings. The molecule has 0 bridgehead atoms. The number of piperidine rings is 1. The number of likely N-dealkylation sites (tertiary alicyclic amines) is 1. The van der Waals surface area contributed by atoms with Crippen molar-refractivity contribution in [3.63, 3.8) is 0 Å². The minimum absolute atomic E-state index is 0.0152. The second-order valence-corrected chi connectivity index (χ2v) is 12.6. The summed E-state index contributed by atoms with van der Waals surface area (Å²) in [5, 5.41) is 70.4. The molecule has 11 nitrogen and oxygen atoms in total.